The molecule has 0 aliphatic rings. The summed E-state index contributed by atoms with van der Waals surface area (Å²) in [6, 6.07) is 13.4. The maximum Gasteiger partial charge on any atom is 0.404 e. The van der Waals surface area contributed by atoms with E-state index in [-0.39, 0.29) is 18.2 Å². The van der Waals surface area contributed by atoms with E-state index in [0.717, 1.165) is 10.8 Å². The second kappa shape index (κ2) is 7.52. The van der Waals surface area contributed by atoms with Gasteiger partial charge in [-0.2, -0.15) is 0 Å². The van der Waals surface area contributed by atoms with Crippen molar-refractivity contribution in [2.24, 2.45) is 0 Å². The van der Waals surface area contributed by atoms with E-state index in [1.54, 1.807) is 30.6 Å². The lowest BCUT2D eigenvalue weighted by atomic mass is 9.97. The molecule has 2 aromatic carbocycles. The summed E-state index contributed by atoms with van der Waals surface area (Å²) in [4.78, 5) is 27.6. The van der Waals surface area contributed by atoms with Gasteiger partial charge in [-0.25, -0.2) is 4.79 Å². The SMILES string of the molecule is O=C(O)NCC(C(=O)Nc1ccc2cnccc2c1)c1ccc(O)cc1. The molecular formula is C19H17N3O4. The first-order valence-corrected chi connectivity index (χ1v) is 7.93. The van der Waals surface area contributed by atoms with Crippen LogP contribution in [0.4, 0.5) is 10.5 Å². The largest absolute Gasteiger partial charge is 0.508 e. The highest BCUT2D eigenvalue weighted by molar-refractivity contribution is 5.98. The van der Waals surface area contributed by atoms with Crippen molar-refractivity contribution in [2.45, 2.75) is 5.92 Å². The number of anilines is 1. The summed E-state index contributed by atoms with van der Waals surface area (Å²) in [6.45, 7) is -0.0799. The summed E-state index contributed by atoms with van der Waals surface area (Å²) in [5, 5.41) is 25.2. The van der Waals surface area contributed by atoms with Gasteiger partial charge in [-0.3, -0.25) is 9.78 Å². The van der Waals surface area contributed by atoms with E-state index < -0.39 is 12.0 Å². The summed E-state index contributed by atoms with van der Waals surface area (Å²) < 4.78 is 0. The maximum absolute atomic E-state index is 12.7. The molecule has 1 heterocycles. The molecule has 1 unspecified atom stereocenters. The molecule has 0 aliphatic carbocycles. The van der Waals surface area contributed by atoms with Gasteiger partial charge in [0.2, 0.25) is 5.91 Å². The van der Waals surface area contributed by atoms with Crippen molar-refractivity contribution in [3.8, 4) is 5.75 Å². The fraction of sp³-hybridized carbons (Fsp3) is 0.105. The molecule has 26 heavy (non-hydrogen) atoms. The third kappa shape index (κ3) is 4.07. The summed E-state index contributed by atoms with van der Waals surface area (Å²) >= 11 is 0. The number of nitrogens with zero attached hydrogens (tertiary/aromatic N) is 1. The summed E-state index contributed by atoms with van der Waals surface area (Å²) in [7, 11) is 0. The molecule has 1 aromatic heterocycles. The minimum Gasteiger partial charge on any atom is -0.508 e. The van der Waals surface area contributed by atoms with Gasteiger partial charge in [0.15, 0.2) is 0 Å². The van der Waals surface area contributed by atoms with Crippen LogP contribution in [0.15, 0.2) is 60.9 Å². The second-order valence-electron chi connectivity index (χ2n) is 5.76. The Morgan fingerprint density at radius 1 is 1.04 bits per heavy atom. The minimum atomic E-state index is -1.21. The van der Waals surface area contributed by atoms with E-state index in [4.69, 9.17) is 5.11 Å². The highest BCUT2D eigenvalue weighted by atomic mass is 16.4. The third-order valence-electron chi connectivity index (χ3n) is 3.98. The van der Waals surface area contributed by atoms with E-state index in [2.05, 4.69) is 15.6 Å². The Hall–Kier alpha value is -3.61. The lowest BCUT2D eigenvalue weighted by Crippen LogP contribution is -2.33. The van der Waals surface area contributed by atoms with E-state index in [1.165, 1.54) is 12.1 Å². The Balaban J connectivity index is 1.83. The van der Waals surface area contributed by atoms with Crippen molar-refractivity contribution in [3.05, 3.63) is 66.5 Å². The number of hydrogen-bond acceptors (Lipinski definition) is 4. The summed E-state index contributed by atoms with van der Waals surface area (Å²) in [5.74, 6) is -1.01. The van der Waals surface area contributed by atoms with Crippen LogP contribution in [0.25, 0.3) is 10.8 Å². The van der Waals surface area contributed by atoms with Crippen LogP contribution >= 0.6 is 0 Å². The number of carboxylic acid groups (broad SMARTS) is 1. The van der Waals surface area contributed by atoms with Crippen molar-refractivity contribution < 1.29 is 19.8 Å². The molecule has 3 aromatic rings. The number of carbonyl (C=O) groups is 2. The zero-order valence-corrected chi connectivity index (χ0v) is 13.7. The molecule has 132 valence electrons. The molecule has 3 rings (SSSR count). The summed E-state index contributed by atoms with van der Waals surface area (Å²) in [6.07, 6.45) is 2.20. The maximum atomic E-state index is 12.7. The Kier molecular flexibility index (Phi) is 4.98. The molecule has 0 bridgehead atoms. The van der Waals surface area contributed by atoms with Crippen LogP contribution in [-0.4, -0.2) is 33.7 Å². The Morgan fingerprint density at radius 3 is 2.54 bits per heavy atom. The number of fused-ring (bicyclic) bond motifs is 1. The van der Waals surface area contributed by atoms with Crippen LogP contribution in [-0.2, 0) is 4.79 Å². The Morgan fingerprint density at radius 2 is 1.81 bits per heavy atom. The van der Waals surface area contributed by atoms with Crippen molar-refractivity contribution in [3.63, 3.8) is 0 Å². The predicted molar refractivity (Wildman–Crippen MR) is 97.2 cm³/mol. The molecule has 0 radical (unpaired) electrons. The molecule has 7 nitrogen and oxygen atoms in total. The van der Waals surface area contributed by atoms with Crippen LogP contribution in [0.2, 0.25) is 0 Å². The number of pyridine rings is 1. The van der Waals surface area contributed by atoms with Crippen molar-refractivity contribution in [1.29, 1.82) is 0 Å². The smallest absolute Gasteiger partial charge is 0.404 e. The number of amides is 2. The van der Waals surface area contributed by atoms with E-state index in [9.17, 15) is 14.7 Å². The molecular weight excluding hydrogens is 334 g/mol. The Labute approximate surface area is 149 Å². The third-order valence-corrected chi connectivity index (χ3v) is 3.98. The Bertz CT molecular complexity index is 941. The molecule has 7 heteroatoms. The molecule has 0 saturated carbocycles. The average molecular weight is 351 g/mol. The highest BCUT2D eigenvalue weighted by Gasteiger charge is 2.21. The number of aromatic nitrogens is 1. The van der Waals surface area contributed by atoms with Gasteiger partial charge in [0.05, 0.1) is 5.92 Å². The van der Waals surface area contributed by atoms with E-state index in [1.807, 2.05) is 18.2 Å². The van der Waals surface area contributed by atoms with Crippen LogP contribution in [0.5, 0.6) is 5.75 Å². The number of aromatic hydroxyl groups is 1. The molecule has 0 aliphatic heterocycles. The fourth-order valence-electron chi connectivity index (χ4n) is 2.65. The monoisotopic (exact) mass is 351 g/mol. The van der Waals surface area contributed by atoms with Crippen molar-refractivity contribution in [2.75, 3.05) is 11.9 Å². The normalized spacial score (nSPS) is 11.7. The predicted octanol–water partition coefficient (Wildman–Crippen LogP) is 2.93. The highest BCUT2D eigenvalue weighted by Crippen LogP contribution is 2.22. The van der Waals surface area contributed by atoms with Crippen LogP contribution in [0.3, 0.4) is 0 Å². The number of benzene rings is 2. The van der Waals surface area contributed by atoms with Gasteiger partial charge >= 0.3 is 6.09 Å². The lowest BCUT2D eigenvalue weighted by Gasteiger charge is -2.17. The van der Waals surface area contributed by atoms with Crippen LogP contribution < -0.4 is 10.6 Å². The molecule has 2 amide bonds. The molecule has 0 saturated heterocycles. The van der Waals surface area contributed by atoms with E-state index >= 15 is 0 Å². The number of phenolic OH excluding ortho intramolecular Hbond substituents is 1. The average Bonchev–Trinajstić information content (AvgIpc) is 2.63. The molecule has 0 fully saturated rings. The lowest BCUT2D eigenvalue weighted by molar-refractivity contribution is -0.117. The second-order valence-corrected chi connectivity index (χ2v) is 5.76. The minimum absolute atomic E-state index is 0.0715. The number of hydrogen-bond donors (Lipinski definition) is 4. The standard InChI is InChI=1S/C19H17N3O4/c23-16-5-2-12(3-6-16)17(11-21-19(25)26)18(24)22-15-4-1-14-10-20-8-7-13(14)9-15/h1-10,17,21,23H,11H2,(H,22,24)(H,25,26). The van der Waals surface area contributed by atoms with E-state index in [0.29, 0.717) is 11.3 Å². The number of carbonyl (C=O) groups excluding carboxylic acids is 1. The molecule has 0 spiro atoms. The quantitative estimate of drug-likeness (QED) is 0.565. The zero-order chi connectivity index (χ0) is 18.5. The fourth-order valence-corrected chi connectivity index (χ4v) is 2.65. The zero-order valence-electron chi connectivity index (χ0n) is 13.7. The van der Waals surface area contributed by atoms with Gasteiger partial charge in [0, 0.05) is 30.0 Å². The number of rotatable bonds is 5. The van der Waals surface area contributed by atoms with Gasteiger partial charge in [-0.05, 0) is 41.3 Å². The number of phenols is 1. The molecule has 4 N–H and O–H groups in total. The first kappa shape index (κ1) is 17.2. The topological polar surface area (TPSA) is 112 Å². The first-order valence-electron chi connectivity index (χ1n) is 7.93. The van der Waals surface area contributed by atoms with Crippen molar-refractivity contribution in [1.82, 2.24) is 10.3 Å². The van der Waals surface area contributed by atoms with Gasteiger partial charge in [-0.1, -0.05) is 18.2 Å². The number of nitrogens with one attached hydrogen (secondary N) is 2. The first-order chi connectivity index (χ1) is 12.5. The summed E-state index contributed by atoms with van der Waals surface area (Å²) in [5.41, 5.74) is 1.20. The van der Waals surface area contributed by atoms with Crippen LogP contribution in [0, 0.1) is 0 Å². The van der Waals surface area contributed by atoms with Crippen LogP contribution in [0.1, 0.15) is 11.5 Å². The van der Waals surface area contributed by atoms with Crippen molar-refractivity contribution >= 4 is 28.5 Å². The van der Waals surface area contributed by atoms with Gasteiger partial charge < -0.3 is 20.8 Å². The van der Waals surface area contributed by atoms with Gasteiger partial charge in [0.25, 0.3) is 0 Å². The van der Waals surface area contributed by atoms with Gasteiger partial charge in [-0.15, -0.1) is 0 Å². The molecule has 1 atom stereocenters. The van der Waals surface area contributed by atoms with Gasteiger partial charge in [0.1, 0.15) is 5.75 Å².